The van der Waals surface area contributed by atoms with Gasteiger partial charge < -0.3 is 14.4 Å². The first-order valence-corrected chi connectivity index (χ1v) is 5.58. The third kappa shape index (κ3) is 2.60. The fourth-order valence-electron chi connectivity index (χ4n) is 1.86. The van der Waals surface area contributed by atoms with Gasteiger partial charge in [0.15, 0.2) is 0 Å². The minimum Gasteiger partial charge on any atom is -0.463 e. The van der Waals surface area contributed by atoms with E-state index in [1.807, 2.05) is 0 Å². The van der Waals surface area contributed by atoms with Gasteiger partial charge >= 0.3 is 13.1 Å². The van der Waals surface area contributed by atoms with Crippen LogP contribution in [0.2, 0.25) is 0 Å². The molecule has 0 amide bonds. The van der Waals surface area contributed by atoms with E-state index >= 15 is 0 Å². The van der Waals surface area contributed by atoms with Crippen LogP contribution in [0.4, 0.5) is 4.39 Å². The average molecular weight is 250 g/mol. The Morgan fingerprint density at radius 1 is 1.67 bits per heavy atom. The molecule has 0 saturated carbocycles. The van der Waals surface area contributed by atoms with Gasteiger partial charge in [-0.25, -0.2) is 9.18 Å². The van der Waals surface area contributed by atoms with E-state index in [4.69, 9.17) is 9.39 Å². The van der Waals surface area contributed by atoms with Crippen LogP contribution in [-0.2, 0) is 20.8 Å². The highest BCUT2D eigenvalue weighted by Gasteiger charge is 2.30. The van der Waals surface area contributed by atoms with Crippen molar-refractivity contribution in [2.24, 2.45) is 0 Å². The number of carbonyl (C=O) groups is 1. The molecule has 0 fully saturated rings. The molecular weight excluding hydrogens is 238 g/mol. The van der Waals surface area contributed by atoms with Crippen molar-refractivity contribution in [3.8, 4) is 0 Å². The topological polar surface area (TPSA) is 55.8 Å². The van der Waals surface area contributed by atoms with E-state index in [1.165, 1.54) is 24.3 Å². The summed E-state index contributed by atoms with van der Waals surface area (Å²) in [6, 6.07) is 2.56. The smallest absolute Gasteiger partial charge is 0.463 e. The minimum absolute atomic E-state index is 0.161. The lowest BCUT2D eigenvalue weighted by Crippen LogP contribution is -2.30. The van der Waals surface area contributed by atoms with Crippen LogP contribution < -0.4 is 5.46 Å². The van der Waals surface area contributed by atoms with Crippen LogP contribution >= 0.6 is 0 Å². The summed E-state index contributed by atoms with van der Waals surface area (Å²) in [5.74, 6) is -0.945. The van der Waals surface area contributed by atoms with Gasteiger partial charge in [-0.1, -0.05) is 0 Å². The highest BCUT2D eigenvalue weighted by molar-refractivity contribution is 6.62. The number of ether oxygens (including phenoxy) is 1. The van der Waals surface area contributed by atoms with E-state index in [0.717, 1.165) is 0 Å². The zero-order valence-corrected chi connectivity index (χ0v) is 9.85. The molecule has 0 aromatic heterocycles. The molecule has 1 aromatic carbocycles. The number of hydrogen-bond acceptors (Lipinski definition) is 4. The maximum Gasteiger partial charge on any atom is 0.492 e. The SMILES string of the molecule is CCOC(=O)/C=C/c1cc(F)cc2c1B(O)OC2. The van der Waals surface area contributed by atoms with Crippen LogP contribution in [0.5, 0.6) is 0 Å². The first-order chi connectivity index (χ1) is 8.61. The van der Waals surface area contributed by atoms with Crippen LogP contribution in [0.15, 0.2) is 18.2 Å². The summed E-state index contributed by atoms with van der Waals surface area (Å²) < 4.78 is 23.1. The largest absolute Gasteiger partial charge is 0.492 e. The van der Waals surface area contributed by atoms with Crippen molar-refractivity contribution in [2.45, 2.75) is 13.5 Å². The molecule has 0 radical (unpaired) electrons. The number of rotatable bonds is 3. The highest BCUT2D eigenvalue weighted by atomic mass is 19.1. The van der Waals surface area contributed by atoms with Crippen molar-refractivity contribution in [3.63, 3.8) is 0 Å². The Kier molecular flexibility index (Phi) is 3.79. The molecule has 0 spiro atoms. The maximum atomic E-state index is 13.3. The summed E-state index contributed by atoms with van der Waals surface area (Å²) in [4.78, 5) is 11.2. The lowest BCUT2D eigenvalue weighted by Gasteiger charge is -2.04. The van der Waals surface area contributed by atoms with Crippen molar-refractivity contribution >= 4 is 24.6 Å². The van der Waals surface area contributed by atoms with Crippen molar-refractivity contribution in [1.82, 2.24) is 0 Å². The quantitative estimate of drug-likeness (QED) is 0.485. The molecule has 0 atom stereocenters. The Balaban J connectivity index is 2.31. The molecule has 0 unspecified atom stereocenters. The predicted octanol–water partition coefficient (Wildman–Crippen LogP) is 0.620. The first kappa shape index (κ1) is 12.8. The summed E-state index contributed by atoms with van der Waals surface area (Å²) in [5, 5.41) is 9.63. The molecule has 2 rings (SSSR count). The van der Waals surface area contributed by atoms with Crippen LogP contribution in [0.3, 0.4) is 0 Å². The number of hydrogen-bond donors (Lipinski definition) is 1. The molecule has 1 aromatic rings. The van der Waals surface area contributed by atoms with Gasteiger partial charge in [-0.3, -0.25) is 0 Å². The monoisotopic (exact) mass is 250 g/mol. The fraction of sp³-hybridized carbons (Fsp3) is 0.250. The van der Waals surface area contributed by atoms with Crippen LogP contribution in [0.25, 0.3) is 6.08 Å². The van der Waals surface area contributed by atoms with Crippen LogP contribution in [0, 0.1) is 5.82 Å². The van der Waals surface area contributed by atoms with Crippen molar-refractivity contribution in [3.05, 3.63) is 35.2 Å². The standard InChI is InChI=1S/C12H12BFO4/c1-2-17-11(15)4-3-8-5-10(14)6-9-7-18-13(16)12(8)9/h3-6,16H,2,7H2,1H3/b4-3+. The normalized spacial score (nSPS) is 14.1. The predicted molar refractivity (Wildman–Crippen MR) is 64.5 cm³/mol. The first-order valence-electron chi connectivity index (χ1n) is 5.58. The number of carbonyl (C=O) groups excluding carboxylic acids is 1. The van der Waals surface area contributed by atoms with Crippen LogP contribution in [0.1, 0.15) is 18.1 Å². The molecule has 0 bridgehead atoms. The van der Waals surface area contributed by atoms with E-state index in [-0.39, 0.29) is 13.2 Å². The summed E-state index contributed by atoms with van der Waals surface area (Å²) >= 11 is 0. The molecular formula is C12H12BFO4. The Bertz CT molecular complexity index is 501. The minimum atomic E-state index is -1.08. The molecule has 18 heavy (non-hydrogen) atoms. The van der Waals surface area contributed by atoms with Gasteiger partial charge in [0, 0.05) is 6.08 Å². The third-order valence-electron chi connectivity index (χ3n) is 2.59. The van der Waals surface area contributed by atoms with Gasteiger partial charge in [0.05, 0.1) is 13.2 Å². The molecule has 0 saturated heterocycles. The number of fused-ring (bicyclic) bond motifs is 1. The van der Waals surface area contributed by atoms with Crippen molar-refractivity contribution in [1.29, 1.82) is 0 Å². The zero-order chi connectivity index (χ0) is 13.1. The molecule has 0 aliphatic carbocycles. The van der Waals surface area contributed by atoms with Gasteiger partial charge in [0.25, 0.3) is 0 Å². The van der Waals surface area contributed by atoms with Gasteiger partial charge in [-0.15, -0.1) is 0 Å². The van der Waals surface area contributed by atoms with E-state index in [0.29, 0.717) is 16.6 Å². The summed E-state index contributed by atoms with van der Waals surface area (Å²) in [6.07, 6.45) is 2.61. The molecule has 1 aliphatic rings. The summed E-state index contributed by atoms with van der Waals surface area (Å²) in [5.41, 5.74) is 1.51. The van der Waals surface area contributed by atoms with Crippen molar-refractivity contribution in [2.75, 3.05) is 6.61 Å². The Hall–Kier alpha value is -1.66. The second-order valence-electron chi connectivity index (χ2n) is 3.82. The van der Waals surface area contributed by atoms with Gasteiger partial charge in [0.1, 0.15) is 5.82 Å². The highest BCUT2D eigenvalue weighted by Crippen LogP contribution is 2.16. The van der Waals surface area contributed by atoms with E-state index in [1.54, 1.807) is 6.92 Å². The number of esters is 1. The van der Waals surface area contributed by atoms with Gasteiger partial charge in [-0.2, -0.15) is 0 Å². The summed E-state index contributed by atoms with van der Waals surface area (Å²) in [6.45, 7) is 2.13. The van der Waals surface area contributed by atoms with E-state index in [9.17, 15) is 14.2 Å². The fourth-order valence-corrected chi connectivity index (χ4v) is 1.86. The number of benzene rings is 1. The van der Waals surface area contributed by atoms with Gasteiger partial charge in [-0.05, 0) is 41.7 Å². The van der Waals surface area contributed by atoms with E-state index < -0.39 is 18.9 Å². The van der Waals surface area contributed by atoms with Gasteiger partial charge in [0.2, 0.25) is 0 Å². The molecule has 94 valence electrons. The second kappa shape index (κ2) is 5.33. The Morgan fingerprint density at radius 2 is 2.44 bits per heavy atom. The average Bonchev–Trinajstić information content (AvgIpc) is 2.68. The maximum absolute atomic E-state index is 13.3. The van der Waals surface area contributed by atoms with E-state index in [2.05, 4.69) is 0 Å². The molecule has 6 heteroatoms. The second-order valence-corrected chi connectivity index (χ2v) is 3.82. The Labute approximate surface area is 104 Å². The lowest BCUT2D eigenvalue weighted by atomic mass is 9.76. The summed E-state index contributed by atoms with van der Waals surface area (Å²) in [7, 11) is -1.08. The molecule has 1 heterocycles. The zero-order valence-electron chi connectivity index (χ0n) is 9.85. The van der Waals surface area contributed by atoms with Crippen molar-refractivity contribution < 1.29 is 23.6 Å². The Morgan fingerprint density at radius 3 is 3.17 bits per heavy atom. The van der Waals surface area contributed by atoms with Crippen LogP contribution in [-0.4, -0.2) is 24.7 Å². The molecule has 1 N–H and O–H groups in total. The molecule has 1 aliphatic heterocycles. The lowest BCUT2D eigenvalue weighted by molar-refractivity contribution is -0.137. The molecule has 4 nitrogen and oxygen atoms in total. The number of halogens is 1. The third-order valence-corrected chi connectivity index (χ3v) is 2.59.